The zero-order valence-electron chi connectivity index (χ0n) is 20.1. The van der Waals surface area contributed by atoms with Gasteiger partial charge in [-0.2, -0.15) is 0 Å². The first-order chi connectivity index (χ1) is 17.3. The summed E-state index contributed by atoms with van der Waals surface area (Å²) in [5.41, 5.74) is 2.09. The van der Waals surface area contributed by atoms with Crippen LogP contribution in [0.4, 0.5) is 11.5 Å². The zero-order chi connectivity index (χ0) is 25.3. The van der Waals surface area contributed by atoms with Gasteiger partial charge in [-0.15, -0.1) is 11.8 Å². The van der Waals surface area contributed by atoms with Crippen molar-refractivity contribution >= 4 is 46.1 Å². The van der Waals surface area contributed by atoms with Gasteiger partial charge in [-0.3, -0.25) is 14.6 Å². The molecule has 2 aliphatic rings. The number of aromatic nitrogens is 3. The van der Waals surface area contributed by atoms with Crippen molar-refractivity contribution in [1.29, 1.82) is 0 Å². The van der Waals surface area contributed by atoms with Crippen LogP contribution in [0.1, 0.15) is 36.9 Å². The van der Waals surface area contributed by atoms with Gasteiger partial charge in [0.25, 0.3) is 5.91 Å². The summed E-state index contributed by atoms with van der Waals surface area (Å²) in [6.07, 6.45) is 3.55. The molecule has 1 saturated carbocycles. The van der Waals surface area contributed by atoms with E-state index in [0.717, 1.165) is 16.2 Å². The fourth-order valence-electron chi connectivity index (χ4n) is 4.54. The summed E-state index contributed by atoms with van der Waals surface area (Å²) < 4.78 is 5.19. The summed E-state index contributed by atoms with van der Waals surface area (Å²) in [6, 6.07) is 7.35. The summed E-state index contributed by atoms with van der Waals surface area (Å²) in [5.74, 6) is 0.956. The van der Waals surface area contributed by atoms with Crippen LogP contribution in [-0.4, -0.2) is 56.4 Å². The van der Waals surface area contributed by atoms with E-state index in [0.29, 0.717) is 66.4 Å². The van der Waals surface area contributed by atoms with Crippen molar-refractivity contribution in [2.45, 2.75) is 55.7 Å². The van der Waals surface area contributed by atoms with Gasteiger partial charge in [0.05, 0.1) is 34.7 Å². The van der Waals surface area contributed by atoms with Crippen LogP contribution in [0.15, 0.2) is 35.4 Å². The third kappa shape index (κ3) is 4.99. The molecular formula is C25H28N6O4S. The van der Waals surface area contributed by atoms with Crippen LogP contribution in [0.25, 0.3) is 11.0 Å². The third-order valence-electron chi connectivity index (χ3n) is 6.71. The molecule has 1 fully saturated rings. The number of aryl methyl sites for hydroxylation is 1. The summed E-state index contributed by atoms with van der Waals surface area (Å²) in [6.45, 7) is 2.56. The minimum atomic E-state index is -1.46. The van der Waals surface area contributed by atoms with Crippen LogP contribution in [0, 0.1) is 6.92 Å². The topological polar surface area (TPSA) is 138 Å². The van der Waals surface area contributed by atoms with E-state index in [-0.39, 0.29) is 11.9 Å². The Morgan fingerprint density at radius 3 is 2.86 bits per heavy atom. The van der Waals surface area contributed by atoms with E-state index in [9.17, 15) is 14.7 Å². The van der Waals surface area contributed by atoms with Gasteiger partial charge in [0.1, 0.15) is 16.9 Å². The molecule has 0 spiro atoms. The molecule has 0 bridgehead atoms. The third-order valence-corrected chi connectivity index (χ3v) is 7.74. The SMILES string of the molecule is COc1ccc2nccc(NC(=O)C3(O)CCC(NCc4nc5c(cc4C)SCC(=O)N5)CC3)c2n1. The Balaban J connectivity index is 1.20. The standard InChI is InChI=1S/C25H28N6O4S/c1-14-11-19-23(30-20(32)13-36-19)28-18(14)12-27-15-5-8-25(34,9-6-15)24(33)29-17-7-10-26-16-3-4-21(35-2)31-22(16)17/h3-4,7,10-11,15,27,34H,5-6,8-9,12-13H2,1-2H3,(H,26,29,33)(H,28,30,32). The predicted molar refractivity (Wildman–Crippen MR) is 137 cm³/mol. The van der Waals surface area contributed by atoms with Gasteiger partial charge < -0.3 is 25.8 Å². The molecule has 0 saturated heterocycles. The van der Waals surface area contributed by atoms with Crippen molar-refractivity contribution in [1.82, 2.24) is 20.3 Å². The lowest BCUT2D eigenvalue weighted by Gasteiger charge is -2.35. The number of fused-ring (bicyclic) bond motifs is 2. The molecule has 3 aromatic rings. The van der Waals surface area contributed by atoms with Gasteiger partial charge in [-0.25, -0.2) is 9.97 Å². The number of amides is 2. The van der Waals surface area contributed by atoms with Gasteiger partial charge in [-0.05, 0) is 56.4 Å². The molecule has 5 rings (SSSR count). The fraction of sp³-hybridized carbons (Fsp3) is 0.400. The lowest BCUT2D eigenvalue weighted by molar-refractivity contribution is -0.137. The first-order valence-corrected chi connectivity index (χ1v) is 12.8. The van der Waals surface area contributed by atoms with Crippen LogP contribution < -0.4 is 20.7 Å². The molecule has 0 unspecified atom stereocenters. The lowest BCUT2D eigenvalue weighted by Crippen LogP contribution is -2.48. The van der Waals surface area contributed by atoms with Crippen molar-refractivity contribution in [3.8, 4) is 5.88 Å². The van der Waals surface area contributed by atoms with E-state index < -0.39 is 11.5 Å². The summed E-state index contributed by atoms with van der Waals surface area (Å²) in [4.78, 5) is 39.1. The van der Waals surface area contributed by atoms with Crippen LogP contribution in [-0.2, 0) is 16.1 Å². The number of carbonyl (C=O) groups excluding carboxylic acids is 2. The average Bonchev–Trinajstić information content (AvgIpc) is 2.88. The molecule has 4 heterocycles. The van der Waals surface area contributed by atoms with Crippen LogP contribution in [0.2, 0.25) is 0 Å². The Labute approximate surface area is 212 Å². The second-order valence-corrected chi connectivity index (χ2v) is 10.2. The Morgan fingerprint density at radius 1 is 1.28 bits per heavy atom. The number of anilines is 2. The highest BCUT2D eigenvalue weighted by Crippen LogP contribution is 2.33. The van der Waals surface area contributed by atoms with E-state index in [2.05, 4.69) is 37.0 Å². The molecule has 2 amide bonds. The number of methoxy groups -OCH3 is 1. The summed E-state index contributed by atoms with van der Waals surface area (Å²) in [7, 11) is 1.53. The minimum Gasteiger partial charge on any atom is -0.481 e. The largest absolute Gasteiger partial charge is 0.481 e. The number of thioether (sulfide) groups is 1. The van der Waals surface area contributed by atoms with E-state index >= 15 is 0 Å². The first-order valence-electron chi connectivity index (χ1n) is 11.8. The Kier molecular flexibility index (Phi) is 6.78. The molecule has 36 heavy (non-hydrogen) atoms. The van der Waals surface area contributed by atoms with E-state index in [4.69, 9.17) is 4.74 Å². The number of aliphatic hydroxyl groups is 1. The monoisotopic (exact) mass is 508 g/mol. The summed E-state index contributed by atoms with van der Waals surface area (Å²) in [5, 5.41) is 20.3. The molecule has 11 heteroatoms. The van der Waals surface area contributed by atoms with E-state index in [1.807, 2.05) is 6.92 Å². The Hall–Kier alpha value is -3.28. The maximum Gasteiger partial charge on any atom is 0.256 e. The number of ether oxygens (including phenoxy) is 1. The number of carbonyl (C=O) groups is 2. The average molecular weight is 509 g/mol. The Bertz CT molecular complexity index is 1330. The lowest BCUT2D eigenvalue weighted by atomic mass is 9.81. The fourth-order valence-corrected chi connectivity index (χ4v) is 5.40. The second-order valence-electron chi connectivity index (χ2n) is 9.16. The Morgan fingerprint density at radius 2 is 2.08 bits per heavy atom. The highest BCUT2D eigenvalue weighted by atomic mass is 32.2. The maximum absolute atomic E-state index is 13.1. The predicted octanol–water partition coefficient (Wildman–Crippen LogP) is 2.79. The molecule has 3 aromatic heterocycles. The normalized spacial score (nSPS) is 21.5. The molecule has 10 nitrogen and oxygen atoms in total. The summed E-state index contributed by atoms with van der Waals surface area (Å²) >= 11 is 1.50. The van der Waals surface area contributed by atoms with Gasteiger partial charge in [-0.1, -0.05) is 0 Å². The molecule has 188 valence electrons. The van der Waals surface area contributed by atoms with Crippen LogP contribution in [0.3, 0.4) is 0 Å². The van der Waals surface area contributed by atoms with Crippen molar-refractivity contribution < 1.29 is 19.4 Å². The van der Waals surface area contributed by atoms with Crippen LogP contribution >= 0.6 is 11.8 Å². The number of nitrogens with zero attached hydrogens (tertiary/aromatic N) is 3. The first kappa shape index (κ1) is 24.4. The van der Waals surface area contributed by atoms with Crippen molar-refractivity contribution in [2.75, 3.05) is 23.5 Å². The number of nitrogens with one attached hydrogen (secondary N) is 3. The number of hydrogen-bond acceptors (Lipinski definition) is 9. The van der Waals surface area contributed by atoms with Crippen molar-refractivity contribution in [3.05, 3.63) is 41.7 Å². The highest BCUT2D eigenvalue weighted by molar-refractivity contribution is 8.00. The van der Waals surface area contributed by atoms with Crippen molar-refractivity contribution in [2.24, 2.45) is 0 Å². The quantitative estimate of drug-likeness (QED) is 0.396. The highest BCUT2D eigenvalue weighted by Gasteiger charge is 2.40. The van der Waals surface area contributed by atoms with Gasteiger partial charge in [0.2, 0.25) is 11.8 Å². The van der Waals surface area contributed by atoms with Crippen molar-refractivity contribution in [3.63, 3.8) is 0 Å². The van der Waals surface area contributed by atoms with E-state index in [1.165, 1.54) is 18.9 Å². The van der Waals surface area contributed by atoms with Gasteiger partial charge in [0, 0.05) is 24.8 Å². The maximum atomic E-state index is 13.1. The van der Waals surface area contributed by atoms with Gasteiger partial charge >= 0.3 is 0 Å². The minimum absolute atomic E-state index is 0.0395. The molecule has 0 aromatic carbocycles. The molecule has 4 N–H and O–H groups in total. The molecule has 0 radical (unpaired) electrons. The van der Waals surface area contributed by atoms with Gasteiger partial charge in [0.15, 0.2) is 0 Å². The number of hydrogen-bond donors (Lipinski definition) is 4. The molecule has 1 aliphatic heterocycles. The van der Waals surface area contributed by atoms with E-state index in [1.54, 1.807) is 24.4 Å². The second kappa shape index (κ2) is 10.00. The number of pyridine rings is 3. The zero-order valence-corrected chi connectivity index (χ0v) is 20.9. The molecule has 1 aliphatic carbocycles. The molecular weight excluding hydrogens is 480 g/mol. The van der Waals surface area contributed by atoms with Crippen LogP contribution in [0.5, 0.6) is 5.88 Å². The molecule has 0 atom stereocenters. The number of rotatable bonds is 6. The smallest absolute Gasteiger partial charge is 0.256 e.